The van der Waals surface area contributed by atoms with Crippen LogP contribution in [0.2, 0.25) is 0 Å². The summed E-state index contributed by atoms with van der Waals surface area (Å²) in [6.07, 6.45) is 6.90. The van der Waals surface area contributed by atoms with Crippen molar-refractivity contribution in [2.24, 2.45) is 4.99 Å². The molecule has 0 aromatic heterocycles. The number of esters is 1. The Bertz CT molecular complexity index is 313. The molecule has 17 heavy (non-hydrogen) atoms. The third kappa shape index (κ3) is 7.33. The van der Waals surface area contributed by atoms with Crippen LogP contribution in [0.25, 0.3) is 0 Å². The molecule has 0 saturated heterocycles. The van der Waals surface area contributed by atoms with Crippen molar-refractivity contribution in [1.82, 2.24) is 0 Å². The van der Waals surface area contributed by atoms with Crippen LogP contribution in [-0.2, 0) is 9.53 Å². The Morgan fingerprint density at radius 3 is 2.65 bits per heavy atom. The molecule has 0 amide bonds. The molecule has 0 spiro atoms. The van der Waals surface area contributed by atoms with Crippen LogP contribution >= 0.6 is 0 Å². The predicted molar refractivity (Wildman–Crippen MR) is 69.4 cm³/mol. The largest absolute Gasteiger partial charge is 0.512 e. The summed E-state index contributed by atoms with van der Waals surface area (Å²) in [7, 11) is 0. The van der Waals surface area contributed by atoms with Crippen LogP contribution in [0.3, 0.4) is 0 Å². The monoisotopic (exact) mass is 239 g/mol. The molecule has 1 N–H and O–H groups in total. The van der Waals surface area contributed by atoms with Crippen molar-refractivity contribution in [1.29, 1.82) is 0 Å². The Labute approximate surface area is 103 Å². The number of aliphatic hydroxyl groups is 1. The third-order valence-corrected chi connectivity index (χ3v) is 1.98. The molecule has 0 fully saturated rings. The average Bonchev–Trinajstić information content (AvgIpc) is 2.27. The minimum Gasteiger partial charge on any atom is -0.512 e. The molecule has 0 aliphatic carbocycles. The second-order valence-corrected chi connectivity index (χ2v) is 3.49. The molecule has 0 aromatic carbocycles. The number of allylic oxidation sites excluding steroid dienone is 2. The van der Waals surface area contributed by atoms with E-state index in [0.717, 1.165) is 19.4 Å². The molecular weight excluding hydrogens is 218 g/mol. The number of ether oxygens (including phenoxy) is 1. The zero-order valence-corrected chi connectivity index (χ0v) is 10.8. The van der Waals surface area contributed by atoms with Crippen molar-refractivity contribution in [3.8, 4) is 0 Å². The van der Waals surface area contributed by atoms with Gasteiger partial charge < -0.3 is 9.84 Å². The van der Waals surface area contributed by atoms with Gasteiger partial charge in [0.1, 0.15) is 5.76 Å². The second kappa shape index (κ2) is 9.63. The Morgan fingerprint density at radius 1 is 1.41 bits per heavy atom. The van der Waals surface area contributed by atoms with E-state index in [9.17, 15) is 9.90 Å². The number of hydrogen-bond donors (Lipinski definition) is 1. The number of carbonyl (C=O) groups excluding carboxylic acids is 1. The first-order valence-electron chi connectivity index (χ1n) is 5.86. The topological polar surface area (TPSA) is 58.9 Å². The number of unbranched alkanes of at least 4 members (excludes halogenated alkanes) is 1. The van der Waals surface area contributed by atoms with E-state index in [1.165, 1.54) is 13.0 Å². The highest BCUT2D eigenvalue weighted by molar-refractivity contribution is 5.93. The Kier molecular flexibility index (Phi) is 8.74. The molecule has 0 aliphatic rings. The summed E-state index contributed by atoms with van der Waals surface area (Å²) >= 11 is 0. The molecule has 0 saturated carbocycles. The van der Waals surface area contributed by atoms with Gasteiger partial charge in [0.15, 0.2) is 0 Å². The molecule has 96 valence electrons. The van der Waals surface area contributed by atoms with Gasteiger partial charge in [-0.2, -0.15) is 0 Å². The van der Waals surface area contributed by atoms with Crippen LogP contribution in [0.15, 0.2) is 28.5 Å². The van der Waals surface area contributed by atoms with Gasteiger partial charge in [0.2, 0.25) is 0 Å². The standard InChI is InChI=1S/C13H21NO3/c1-4-6-9-14-10-7-8-12(11(3)15)13(16)17-5-2/h7-8,10,15H,4-6,9H2,1-3H3/b8-7+,12-11+,14-10?. The molecule has 0 heterocycles. The third-order valence-electron chi connectivity index (χ3n) is 1.98. The number of carbonyl (C=O) groups is 1. The quantitative estimate of drug-likeness (QED) is 0.185. The first-order chi connectivity index (χ1) is 8.13. The van der Waals surface area contributed by atoms with Crippen LogP contribution in [0.4, 0.5) is 0 Å². The van der Waals surface area contributed by atoms with E-state index in [4.69, 9.17) is 4.74 Å². The summed E-state index contributed by atoms with van der Waals surface area (Å²) in [5.41, 5.74) is 0.161. The fourth-order valence-corrected chi connectivity index (χ4v) is 1.07. The van der Waals surface area contributed by atoms with Gasteiger partial charge in [-0.05, 0) is 32.4 Å². The van der Waals surface area contributed by atoms with Crippen molar-refractivity contribution < 1.29 is 14.6 Å². The van der Waals surface area contributed by atoms with E-state index in [0.29, 0.717) is 0 Å². The lowest BCUT2D eigenvalue weighted by Gasteiger charge is -2.02. The number of aliphatic hydroxyl groups excluding tert-OH is 1. The summed E-state index contributed by atoms with van der Waals surface area (Å²) in [6.45, 7) is 6.33. The molecular formula is C13H21NO3. The summed E-state index contributed by atoms with van der Waals surface area (Å²) in [5, 5.41) is 9.33. The maximum Gasteiger partial charge on any atom is 0.341 e. The molecule has 0 atom stereocenters. The van der Waals surface area contributed by atoms with Gasteiger partial charge >= 0.3 is 5.97 Å². The predicted octanol–water partition coefficient (Wildman–Crippen LogP) is 2.81. The van der Waals surface area contributed by atoms with E-state index < -0.39 is 5.97 Å². The van der Waals surface area contributed by atoms with E-state index in [-0.39, 0.29) is 17.9 Å². The van der Waals surface area contributed by atoms with Crippen LogP contribution in [0, 0.1) is 0 Å². The van der Waals surface area contributed by atoms with Crippen LogP contribution < -0.4 is 0 Å². The second-order valence-electron chi connectivity index (χ2n) is 3.49. The molecule has 0 aliphatic heterocycles. The van der Waals surface area contributed by atoms with Gasteiger partial charge in [0.25, 0.3) is 0 Å². The molecule has 4 nitrogen and oxygen atoms in total. The van der Waals surface area contributed by atoms with E-state index in [1.54, 1.807) is 19.2 Å². The molecule has 0 aromatic rings. The molecule has 0 radical (unpaired) electrons. The first kappa shape index (κ1) is 15.4. The molecule has 4 heteroatoms. The van der Waals surface area contributed by atoms with Crippen molar-refractivity contribution >= 4 is 12.2 Å². The zero-order chi connectivity index (χ0) is 13.1. The van der Waals surface area contributed by atoms with Gasteiger partial charge in [-0.15, -0.1) is 0 Å². The highest BCUT2D eigenvalue weighted by Gasteiger charge is 2.09. The molecule has 0 rings (SSSR count). The lowest BCUT2D eigenvalue weighted by Crippen LogP contribution is -2.07. The van der Waals surface area contributed by atoms with E-state index in [2.05, 4.69) is 11.9 Å². The molecule has 0 bridgehead atoms. The minimum absolute atomic E-state index is 0.0540. The van der Waals surface area contributed by atoms with Gasteiger partial charge in [-0.3, -0.25) is 4.99 Å². The summed E-state index contributed by atoms with van der Waals surface area (Å²) < 4.78 is 4.81. The first-order valence-corrected chi connectivity index (χ1v) is 5.86. The average molecular weight is 239 g/mol. The maximum atomic E-state index is 11.4. The van der Waals surface area contributed by atoms with Crippen molar-refractivity contribution in [2.75, 3.05) is 13.2 Å². The summed E-state index contributed by atoms with van der Waals surface area (Å²) in [5.74, 6) is -0.577. The van der Waals surface area contributed by atoms with E-state index >= 15 is 0 Å². The fraction of sp³-hybridized carbons (Fsp3) is 0.538. The number of rotatable bonds is 7. The zero-order valence-electron chi connectivity index (χ0n) is 10.8. The lowest BCUT2D eigenvalue weighted by molar-refractivity contribution is -0.138. The van der Waals surface area contributed by atoms with Gasteiger partial charge in [-0.1, -0.05) is 13.3 Å². The number of hydrogen-bond acceptors (Lipinski definition) is 4. The Morgan fingerprint density at radius 2 is 2.12 bits per heavy atom. The maximum absolute atomic E-state index is 11.4. The van der Waals surface area contributed by atoms with Gasteiger partial charge in [0.05, 0.1) is 12.2 Å². The Balaban J connectivity index is 4.38. The van der Waals surface area contributed by atoms with E-state index in [1.807, 2.05) is 0 Å². The molecule has 0 unspecified atom stereocenters. The van der Waals surface area contributed by atoms with Crippen LogP contribution in [0.5, 0.6) is 0 Å². The minimum atomic E-state index is -0.522. The normalized spacial score (nSPS) is 13.1. The number of aliphatic imine (C=N–C) groups is 1. The van der Waals surface area contributed by atoms with Crippen LogP contribution in [0.1, 0.15) is 33.6 Å². The Hall–Kier alpha value is -1.58. The summed E-state index contributed by atoms with van der Waals surface area (Å²) in [6, 6.07) is 0. The SMILES string of the molecule is CCCCN=C/C=C/C(C(=O)OCC)=C(/C)O. The fourth-order valence-electron chi connectivity index (χ4n) is 1.07. The smallest absolute Gasteiger partial charge is 0.341 e. The van der Waals surface area contributed by atoms with Crippen LogP contribution in [-0.4, -0.2) is 30.4 Å². The number of nitrogens with zero attached hydrogens (tertiary/aromatic N) is 1. The van der Waals surface area contributed by atoms with Crippen molar-refractivity contribution in [2.45, 2.75) is 33.6 Å². The van der Waals surface area contributed by atoms with Gasteiger partial charge in [0, 0.05) is 12.8 Å². The van der Waals surface area contributed by atoms with Crippen molar-refractivity contribution in [3.05, 3.63) is 23.5 Å². The lowest BCUT2D eigenvalue weighted by atomic mass is 10.2. The van der Waals surface area contributed by atoms with Gasteiger partial charge in [-0.25, -0.2) is 4.79 Å². The highest BCUT2D eigenvalue weighted by atomic mass is 16.5. The highest BCUT2D eigenvalue weighted by Crippen LogP contribution is 2.05. The van der Waals surface area contributed by atoms with Crippen molar-refractivity contribution in [3.63, 3.8) is 0 Å². The summed E-state index contributed by atoms with van der Waals surface area (Å²) in [4.78, 5) is 15.5.